The lowest BCUT2D eigenvalue weighted by Crippen LogP contribution is -2.42. The Hall–Kier alpha value is -1.67. The second-order valence-electron chi connectivity index (χ2n) is 7.65. The van der Waals surface area contributed by atoms with E-state index in [0.29, 0.717) is 6.92 Å². The number of halogens is 3. The highest BCUT2D eigenvalue weighted by Crippen LogP contribution is 2.38. The zero-order valence-corrected chi connectivity index (χ0v) is 20.0. The van der Waals surface area contributed by atoms with Crippen LogP contribution in [0.2, 0.25) is 0 Å². The van der Waals surface area contributed by atoms with Gasteiger partial charge in [0, 0.05) is 12.2 Å². The topological polar surface area (TPSA) is 113 Å². The minimum Gasteiger partial charge on any atom is -0.380 e. The third-order valence-electron chi connectivity index (χ3n) is 4.80. The van der Waals surface area contributed by atoms with Crippen LogP contribution >= 0.6 is 11.3 Å². The van der Waals surface area contributed by atoms with Crippen molar-refractivity contribution < 1.29 is 35.1 Å². The molecule has 0 aliphatic carbocycles. The molecule has 2 rings (SSSR count). The van der Waals surface area contributed by atoms with Crippen molar-refractivity contribution in [3.8, 4) is 0 Å². The second kappa shape index (κ2) is 9.67. The monoisotopic (exact) mass is 514 g/mol. The van der Waals surface area contributed by atoms with E-state index in [0.717, 1.165) is 23.5 Å². The van der Waals surface area contributed by atoms with Gasteiger partial charge in [-0.2, -0.15) is 13.2 Å². The van der Waals surface area contributed by atoms with E-state index in [2.05, 4.69) is 10.0 Å². The zero-order chi connectivity index (χ0) is 24.4. The molecule has 0 aliphatic rings. The number of benzene rings is 1. The van der Waals surface area contributed by atoms with Gasteiger partial charge in [-0.3, -0.25) is 0 Å². The number of thiophene rings is 1. The van der Waals surface area contributed by atoms with Crippen LogP contribution in [0.25, 0.3) is 0 Å². The molecule has 32 heavy (non-hydrogen) atoms. The van der Waals surface area contributed by atoms with E-state index < -0.39 is 48.7 Å². The molecule has 7 nitrogen and oxygen atoms in total. The summed E-state index contributed by atoms with van der Waals surface area (Å²) in [7, 11) is -7.42. The highest BCUT2D eigenvalue weighted by atomic mass is 32.2. The summed E-state index contributed by atoms with van der Waals surface area (Å²) in [5.74, 6) is -0.403. The highest BCUT2D eigenvalue weighted by molar-refractivity contribution is 7.92. The SMILES string of the molecule is CC(C)S(=O)(=O)C[C@@H](CNS(=O)(=O)c1cccs1)Nc1ccc([C@](C)(O)C(F)(F)F)cc1. The molecule has 0 amide bonds. The number of hydrogen-bond donors (Lipinski definition) is 3. The Bertz CT molecular complexity index is 1100. The fraction of sp³-hybridized carbons (Fsp3) is 0.474. The Kier molecular flexibility index (Phi) is 8.04. The van der Waals surface area contributed by atoms with Crippen LogP contribution in [0.3, 0.4) is 0 Å². The standard InChI is InChI=1S/C19H25F3N2O5S3/c1-13(2)31(26,27)12-16(11-23-32(28,29)17-5-4-10-30-17)24-15-8-6-14(7-9-15)18(3,25)19(20,21)22/h4-10,13,16,23-25H,11-12H2,1-3H3/t16-,18+/m1/s1. The van der Waals surface area contributed by atoms with E-state index in [1.165, 1.54) is 32.0 Å². The Morgan fingerprint density at radius 3 is 2.12 bits per heavy atom. The van der Waals surface area contributed by atoms with Crippen LogP contribution in [0, 0.1) is 0 Å². The highest BCUT2D eigenvalue weighted by Gasteiger charge is 2.51. The van der Waals surface area contributed by atoms with E-state index in [9.17, 15) is 35.1 Å². The van der Waals surface area contributed by atoms with Gasteiger partial charge in [-0.15, -0.1) is 11.3 Å². The summed E-state index contributed by atoms with van der Waals surface area (Å²) in [6.45, 7) is 3.35. The quantitative estimate of drug-likeness (QED) is 0.449. The van der Waals surface area contributed by atoms with Crippen LogP contribution in [0.5, 0.6) is 0 Å². The van der Waals surface area contributed by atoms with Crippen LogP contribution in [0.4, 0.5) is 18.9 Å². The largest absolute Gasteiger partial charge is 0.421 e. The first kappa shape index (κ1) is 26.6. The molecule has 0 bridgehead atoms. The van der Waals surface area contributed by atoms with E-state index in [-0.39, 0.29) is 22.0 Å². The molecule has 0 unspecified atom stereocenters. The maximum Gasteiger partial charge on any atom is 0.421 e. The lowest BCUT2D eigenvalue weighted by atomic mass is 9.95. The number of sulfone groups is 1. The Labute approximate surface area is 189 Å². The van der Waals surface area contributed by atoms with Crippen molar-refractivity contribution in [2.45, 2.75) is 48.0 Å². The summed E-state index contributed by atoms with van der Waals surface area (Å²) in [4.78, 5) is 0. The number of aliphatic hydroxyl groups is 1. The van der Waals surface area contributed by atoms with Gasteiger partial charge in [0.1, 0.15) is 4.21 Å². The van der Waals surface area contributed by atoms with Crippen molar-refractivity contribution in [3.63, 3.8) is 0 Å². The number of hydrogen-bond acceptors (Lipinski definition) is 7. The fourth-order valence-electron chi connectivity index (χ4n) is 2.61. The Morgan fingerprint density at radius 2 is 1.66 bits per heavy atom. The Balaban J connectivity index is 2.23. The van der Waals surface area contributed by atoms with E-state index in [1.807, 2.05) is 0 Å². The first-order valence-corrected chi connectivity index (χ1v) is 13.5. The van der Waals surface area contributed by atoms with Gasteiger partial charge in [0.05, 0.1) is 17.0 Å². The predicted molar refractivity (Wildman–Crippen MR) is 118 cm³/mol. The molecule has 1 aromatic heterocycles. The van der Waals surface area contributed by atoms with Crippen LogP contribution in [-0.4, -0.2) is 51.7 Å². The molecule has 0 radical (unpaired) electrons. The van der Waals surface area contributed by atoms with Gasteiger partial charge in [-0.25, -0.2) is 21.6 Å². The maximum absolute atomic E-state index is 13.0. The van der Waals surface area contributed by atoms with Gasteiger partial charge in [0.15, 0.2) is 15.4 Å². The summed E-state index contributed by atoms with van der Waals surface area (Å²) < 4.78 is 91.1. The smallest absolute Gasteiger partial charge is 0.380 e. The normalized spacial score (nSPS) is 16.0. The third kappa shape index (κ3) is 6.44. The minimum absolute atomic E-state index is 0.0710. The fourth-order valence-corrected chi connectivity index (χ4v) is 5.88. The lowest BCUT2D eigenvalue weighted by Gasteiger charge is -2.27. The summed E-state index contributed by atoms with van der Waals surface area (Å²) >= 11 is 1.00. The van der Waals surface area contributed by atoms with Gasteiger partial charge < -0.3 is 10.4 Å². The van der Waals surface area contributed by atoms with Gasteiger partial charge in [-0.1, -0.05) is 18.2 Å². The van der Waals surface area contributed by atoms with Crippen molar-refractivity contribution in [1.29, 1.82) is 0 Å². The zero-order valence-electron chi connectivity index (χ0n) is 17.5. The van der Waals surface area contributed by atoms with E-state index >= 15 is 0 Å². The van der Waals surface area contributed by atoms with Crippen molar-refractivity contribution in [2.24, 2.45) is 0 Å². The number of sulfonamides is 1. The molecule has 3 N–H and O–H groups in total. The maximum atomic E-state index is 13.0. The molecule has 180 valence electrons. The van der Waals surface area contributed by atoms with E-state index in [4.69, 9.17) is 0 Å². The van der Waals surface area contributed by atoms with Crippen LogP contribution in [0.15, 0.2) is 46.0 Å². The van der Waals surface area contributed by atoms with Gasteiger partial charge >= 0.3 is 6.18 Å². The van der Waals surface area contributed by atoms with Crippen molar-refractivity contribution in [3.05, 3.63) is 47.3 Å². The van der Waals surface area contributed by atoms with Crippen LogP contribution in [0.1, 0.15) is 26.3 Å². The van der Waals surface area contributed by atoms with Crippen molar-refractivity contribution >= 4 is 36.9 Å². The molecular formula is C19H25F3N2O5S3. The Morgan fingerprint density at radius 1 is 1.06 bits per heavy atom. The lowest BCUT2D eigenvalue weighted by molar-refractivity contribution is -0.258. The first-order valence-electron chi connectivity index (χ1n) is 9.47. The van der Waals surface area contributed by atoms with Gasteiger partial charge in [-0.05, 0) is 49.9 Å². The second-order valence-corrected chi connectivity index (χ2v) is 13.2. The molecule has 13 heteroatoms. The molecule has 0 spiro atoms. The average molecular weight is 515 g/mol. The van der Waals surface area contributed by atoms with Gasteiger partial charge in [0.2, 0.25) is 10.0 Å². The third-order valence-corrected chi connectivity index (χ3v) is 9.93. The molecule has 2 aromatic rings. The predicted octanol–water partition coefficient (Wildman–Crippen LogP) is 3.10. The van der Waals surface area contributed by atoms with Crippen molar-refractivity contribution in [2.75, 3.05) is 17.6 Å². The molecule has 0 aliphatic heterocycles. The summed E-state index contributed by atoms with van der Waals surface area (Å²) in [5.41, 5.74) is -3.17. The molecule has 0 saturated carbocycles. The minimum atomic E-state index is -4.88. The number of nitrogens with one attached hydrogen (secondary N) is 2. The molecule has 0 fully saturated rings. The molecular weight excluding hydrogens is 489 g/mol. The van der Waals surface area contributed by atoms with Crippen molar-refractivity contribution in [1.82, 2.24) is 4.72 Å². The summed E-state index contributed by atoms with van der Waals surface area (Å²) in [5, 5.41) is 13.5. The van der Waals surface area contributed by atoms with Crippen LogP contribution < -0.4 is 10.0 Å². The van der Waals surface area contributed by atoms with E-state index in [1.54, 1.807) is 11.4 Å². The average Bonchev–Trinajstić information content (AvgIpc) is 3.21. The molecule has 2 atom stereocenters. The number of anilines is 1. The van der Waals surface area contributed by atoms with Crippen LogP contribution in [-0.2, 0) is 25.5 Å². The molecule has 0 saturated heterocycles. The first-order chi connectivity index (χ1) is 14.6. The number of rotatable bonds is 10. The molecule has 1 heterocycles. The van der Waals surface area contributed by atoms with Gasteiger partial charge in [0.25, 0.3) is 0 Å². The summed E-state index contributed by atoms with van der Waals surface area (Å²) in [6.07, 6.45) is -4.88. The summed E-state index contributed by atoms with van der Waals surface area (Å²) in [6, 6.07) is 6.74. The number of alkyl halides is 3. The molecule has 1 aromatic carbocycles.